The molecular weight excluding hydrogens is 238 g/mol. The maximum Gasteiger partial charge on any atom is 0.116 e. The number of hydrogen-bond acceptors (Lipinski definition) is 3. The summed E-state index contributed by atoms with van der Waals surface area (Å²) in [6.07, 6.45) is 0.559. The van der Waals surface area contributed by atoms with Crippen LogP contribution in [0.25, 0.3) is 10.8 Å². The van der Waals surface area contributed by atoms with Crippen LogP contribution >= 0.6 is 12.4 Å². The first-order valence-corrected chi connectivity index (χ1v) is 5.30. The molecular formula is C13H16ClNO2. The average molecular weight is 254 g/mol. The Hall–Kier alpha value is -1.29. The molecule has 2 rings (SSSR count). The molecule has 0 fully saturated rings. The number of aromatic hydroxyl groups is 1. The van der Waals surface area contributed by atoms with Crippen molar-refractivity contribution in [3.63, 3.8) is 0 Å². The standard InChI is InChI=1S/C13H15NO2.ClH/c14-13(5-6-15)11-2-1-10-8-12(16)4-3-9(10)7-11;/h1-4,7-8,13,15-16H,5-6,14H2;1H/t13-;/m0./s1. The zero-order valence-corrected chi connectivity index (χ0v) is 10.2. The molecule has 4 N–H and O–H groups in total. The molecule has 0 aliphatic carbocycles. The van der Waals surface area contributed by atoms with Crippen LogP contribution in [-0.4, -0.2) is 16.8 Å². The molecule has 92 valence electrons. The van der Waals surface area contributed by atoms with Gasteiger partial charge in [-0.2, -0.15) is 0 Å². The van der Waals surface area contributed by atoms with E-state index in [9.17, 15) is 5.11 Å². The minimum atomic E-state index is -0.136. The molecule has 0 bridgehead atoms. The van der Waals surface area contributed by atoms with Gasteiger partial charge in [0.1, 0.15) is 5.75 Å². The lowest BCUT2D eigenvalue weighted by molar-refractivity contribution is 0.276. The Morgan fingerprint density at radius 1 is 1.06 bits per heavy atom. The van der Waals surface area contributed by atoms with Crippen LogP contribution in [0.15, 0.2) is 36.4 Å². The van der Waals surface area contributed by atoms with Gasteiger partial charge in [-0.05, 0) is 41.0 Å². The predicted octanol–water partition coefficient (Wildman–Crippen LogP) is 2.35. The highest BCUT2D eigenvalue weighted by Crippen LogP contribution is 2.23. The van der Waals surface area contributed by atoms with E-state index in [-0.39, 0.29) is 30.8 Å². The molecule has 3 nitrogen and oxygen atoms in total. The molecule has 0 heterocycles. The molecule has 0 aliphatic rings. The summed E-state index contributed by atoms with van der Waals surface area (Å²) in [7, 11) is 0. The SMILES string of the molecule is Cl.N[C@@H](CCO)c1ccc2cc(O)ccc2c1. The number of fused-ring (bicyclic) bond motifs is 1. The van der Waals surface area contributed by atoms with Crippen LogP contribution < -0.4 is 5.73 Å². The highest BCUT2D eigenvalue weighted by atomic mass is 35.5. The number of phenols is 1. The number of aliphatic hydroxyl groups is 1. The van der Waals surface area contributed by atoms with Gasteiger partial charge in [0, 0.05) is 12.6 Å². The lowest BCUT2D eigenvalue weighted by Gasteiger charge is -2.11. The van der Waals surface area contributed by atoms with Crippen molar-refractivity contribution in [3.05, 3.63) is 42.0 Å². The van der Waals surface area contributed by atoms with E-state index in [2.05, 4.69) is 0 Å². The molecule has 0 saturated carbocycles. The number of aliphatic hydroxyl groups excluding tert-OH is 1. The molecule has 0 unspecified atom stereocenters. The van der Waals surface area contributed by atoms with Crippen molar-refractivity contribution in [3.8, 4) is 5.75 Å². The molecule has 0 radical (unpaired) electrons. The van der Waals surface area contributed by atoms with E-state index in [4.69, 9.17) is 10.8 Å². The Morgan fingerprint density at radius 2 is 1.71 bits per heavy atom. The van der Waals surface area contributed by atoms with Crippen LogP contribution in [-0.2, 0) is 0 Å². The molecule has 0 aliphatic heterocycles. The number of rotatable bonds is 3. The van der Waals surface area contributed by atoms with Gasteiger partial charge in [0.25, 0.3) is 0 Å². The van der Waals surface area contributed by atoms with E-state index >= 15 is 0 Å². The molecule has 0 saturated heterocycles. The third-order valence-electron chi connectivity index (χ3n) is 2.72. The van der Waals surface area contributed by atoms with Crippen molar-refractivity contribution in [2.75, 3.05) is 6.61 Å². The molecule has 1 atom stereocenters. The number of halogens is 1. The third-order valence-corrected chi connectivity index (χ3v) is 2.72. The van der Waals surface area contributed by atoms with Crippen molar-refractivity contribution in [1.29, 1.82) is 0 Å². The van der Waals surface area contributed by atoms with E-state index in [0.29, 0.717) is 6.42 Å². The summed E-state index contributed by atoms with van der Waals surface area (Å²) in [5.41, 5.74) is 6.92. The first-order chi connectivity index (χ1) is 7.70. The van der Waals surface area contributed by atoms with Crippen molar-refractivity contribution in [2.24, 2.45) is 5.73 Å². The van der Waals surface area contributed by atoms with Crippen LogP contribution in [0.4, 0.5) is 0 Å². The third kappa shape index (κ3) is 3.09. The zero-order valence-electron chi connectivity index (χ0n) is 9.34. The van der Waals surface area contributed by atoms with Gasteiger partial charge in [-0.1, -0.05) is 18.2 Å². The van der Waals surface area contributed by atoms with E-state index in [0.717, 1.165) is 16.3 Å². The van der Waals surface area contributed by atoms with Gasteiger partial charge in [-0.25, -0.2) is 0 Å². The second-order valence-electron chi connectivity index (χ2n) is 3.91. The lowest BCUT2D eigenvalue weighted by Crippen LogP contribution is -2.11. The molecule has 0 aromatic heterocycles. The fourth-order valence-electron chi connectivity index (χ4n) is 1.79. The number of phenolic OH excluding ortho intramolecular Hbond substituents is 1. The normalized spacial score (nSPS) is 12.1. The largest absolute Gasteiger partial charge is 0.508 e. The number of hydrogen-bond donors (Lipinski definition) is 3. The van der Waals surface area contributed by atoms with E-state index in [1.54, 1.807) is 12.1 Å². The van der Waals surface area contributed by atoms with Gasteiger partial charge in [-0.15, -0.1) is 12.4 Å². The summed E-state index contributed by atoms with van der Waals surface area (Å²) in [5.74, 6) is 0.264. The molecule has 0 spiro atoms. The summed E-state index contributed by atoms with van der Waals surface area (Å²) in [4.78, 5) is 0. The Kier molecular flexibility index (Phi) is 4.75. The van der Waals surface area contributed by atoms with Crippen LogP contribution in [0.2, 0.25) is 0 Å². The number of nitrogens with two attached hydrogens (primary N) is 1. The maximum absolute atomic E-state index is 9.34. The van der Waals surface area contributed by atoms with Crippen LogP contribution in [0.1, 0.15) is 18.0 Å². The fourth-order valence-corrected chi connectivity index (χ4v) is 1.79. The predicted molar refractivity (Wildman–Crippen MR) is 71.5 cm³/mol. The summed E-state index contributed by atoms with van der Waals surface area (Å²) >= 11 is 0. The zero-order chi connectivity index (χ0) is 11.5. The first-order valence-electron chi connectivity index (χ1n) is 5.30. The van der Waals surface area contributed by atoms with Crippen molar-refractivity contribution in [2.45, 2.75) is 12.5 Å². The summed E-state index contributed by atoms with van der Waals surface area (Å²) in [6, 6.07) is 11.0. The quantitative estimate of drug-likeness (QED) is 0.787. The molecule has 2 aromatic carbocycles. The number of benzene rings is 2. The molecule has 2 aromatic rings. The summed E-state index contributed by atoms with van der Waals surface area (Å²) in [5, 5.41) is 20.2. The van der Waals surface area contributed by atoms with Crippen molar-refractivity contribution < 1.29 is 10.2 Å². The van der Waals surface area contributed by atoms with Gasteiger partial charge in [-0.3, -0.25) is 0 Å². The van der Waals surface area contributed by atoms with E-state index in [1.165, 1.54) is 0 Å². The van der Waals surface area contributed by atoms with Crippen LogP contribution in [0.5, 0.6) is 5.75 Å². The maximum atomic E-state index is 9.34. The first kappa shape index (κ1) is 13.8. The van der Waals surface area contributed by atoms with Crippen LogP contribution in [0, 0.1) is 0 Å². The second-order valence-corrected chi connectivity index (χ2v) is 3.91. The van der Waals surface area contributed by atoms with E-state index < -0.39 is 0 Å². The molecule has 0 amide bonds. The summed E-state index contributed by atoms with van der Waals surface area (Å²) < 4.78 is 0. The summed E-state index contributed by atoms with van der Waals surface area (Å²) in [6.45, 7) is 0.0920. The van der Waals surface area contributed by atoms with Gasteiger partial charge in [0.15, 0.2) is 0 Å². The van der Waals surface area contributed by atoms with Crippen molar-refractivity contribution >= 4 is 23.2 Å². The topological polar surface area (TPSA) is 66.5 Å². The fraction of sp³-hybridized carbons (Fsp3) is 0.231. The Balaban J connectivity index is 0.00000144. The van der Waals surface area contributed by atoms with Gasteiger partial charge >= 0.3 is 0 Å². The van der Waals surface area contributed by atoms with Crippen molar-refractivity contribution in [1.82, 2.24) is 0 Å². The van der Waals surface area contributed by atoms with Crippen LogP contribution in [0.3, 0.4) is 0 Å². The minimum absolute atomic E-state index is 0. The monoisotopic (exact) mass is 253 g/mol. The Morgan fingerprint density at radius 3 is 2.41 bits per heavy atom. The highest BCUT2D eigenvalue weighted by Gasteiger charge is 2.05. The second kappa shape index (κ2) is 5.87. The lowest BCUT2D eigenvalue weighted by atomic mass is 10.0. The Bertz CT molecular complexity index is 502. The van der Waals surface area contributed by atoms with Gasteiger partial charge in [0.05, 0.1) is 0 Å². The molecule has 4 heteroatoms. The van der Waals surface area contributed by atoms with Gasteiger partial charge in [0.2, 0.25) is 0 Å². The smallest absolute Gasteiger partial charge is 0.116 e. The van der Waals surface area contributed by atoms with Gasteiger partial charge < -0.3 is 15.9 Å². The molecule has 17 heavy (non-hydrogen) atoms. The minimum Gasteiger partial charge on any atom is -0.508 e. The average Bonchev–Trinajstić information content (AvgIpc) is 2.28. The highest BCUT2D eigenvalue weighted by molar-refractivity contribution is 5.85. The Labute approximate surface area is 106 Å². The van der Waals surface area contributed by atoms with E-state index in [1.807, 2.05) is 24.3 Å².